The molecule has 2 aromatic rings. The minimum Gasteiger partial charge on any atom is -0.375 e. The van der Waals surface area contributed by atoms with Gasteiger partial charge in [0.05, 0.1) is 10.7 Å². The van der Waals surface area contributed by atoms with Crippen molar-refractivity contribution in [1.82, 2.24) is 15.3 Å². The highest BCUT2D eigenvalue weighted by molar-refractivity contribution is 7.13. The van der Waals surface area contributed by atoms with E-state index in [0.717, 1.165) is 36.4 Å². The Morgan fingerprint density at radius 3 is 2.85 bits per heavy atom. The van der Waals surface area contributed by atoms with Crippen LogP contribution in [0.3, 0.4) is 0 Å². The van der Waals surface area contributed by atoms with E-state index in [9.17, 15) is 4.79 Å². The van der Waals surface area contributed by atoms with Crippen LogP contribution in [0.4, 0.5) is 5.13 Å². The van der Waals surface area contributed by atoms with Crippen molar-refractivity contribution in [2.24, 2.45) is 0 Å². The first kappa shape index (κ1) is 14.9. The lowest BCUT2D eigenvalue weighted by Crippen LogP contribution is -2.25. The number of thiazole rings is 2. The van der Waals surface area contributed by atoms with Crippen molar-refractivity contribution in [3.05, 3.63) is 27.2 Å². The molecule has 0 aliphatic rings. The van der Waals surface area contributed by atoms with Gasteiger partial charge in [-0.1, -0.05) is 6.92 Å². The largest absolute Gasteiger partial charge is 0.375 e. The van der Waals surface area contributed by atoms with Gasteiger partial charge in [-0.25, -0.2) is 9.97 Å². The number of nitrogen functional groups attached to an aromatic ring is 1. The van der Waals surface area contributed by atoms with Crippen molar-refractivity contribution in [3.8, 4) is 0 Å². The summed E-state index contributed by atoms with van der Waals surface area (Å²) in [6.45, 7) is 2.73. The van der Waals surface area contributed by atoms with Crippen LogP contribution in [-0.4, -0.2) is 22.4 Å². The van der Waals surface area contributed by atoms with E-state index in [1.807, 2.05) is 10.8 Å². The van der Waals surface area contributed by atoms with E-state index in [0.29, 0.717) is 17.4 Å². The number of aryl methyl sites for hydroxylation is 2. The van der Waals surface area contributed by atoms with Crippen LogP contribution in [0.5, 0.6) is 0 Å². The van der Waals surface area contributed by atoms with Gasteiger partial charge in [0.2, 0.25) is 0 Å². The predicted octanol–water partition coefficient (Wildman–Crippen LogP) is 2.50. The maximum Gasteiger partial charge on any atom is 0.270 e. The minimum atomic E-state index is -0.0959. The molecule has 2 rings (SSSR count). The van der Waals surface area contributed by atoms with E-state index >= 15 is 0 Å². The molecule has 0 spiro atoms. The van der Waals surface area contributed by atoms with Crippen molar-refractivity contribution in [3.63, 3.8) is 0 Å². The number of amides is 1. The second-order valence-electron chi connectivity index (χ2n) is 4.41. The molecule has 0 aliphatic carbocycles. The topological polar surface area (TPSA) is 80.9 Å². The zero-order chi connectivity index (χ0) is 14.4. The number of aromatic nitrogens is 2. The Kier molecular flexibility index (Phi) is 5.49. The third kappa shape index (κ3) is 4.28. The van der Waals surface area contributed by atoms with Crippen LogP contribution in [-0.2, 0) is 12.8 Å². The summed E-state index contributed by atoms with van der Waals surface area (Å²) >= 11 is 2.99. The highest BCUT2D eigenvalue weighted by atomic mass is 32.1. The van der Waals surface area contributed by atoms with Gasteiger partial charge >= 0.3 is 0 Å². The van der Waals surface area contributed by atoms with E-state index in [2.05, 4.69) is 22.2 Å². The minimum absolute atomic E-state index is 0.0959. The van der Waals surface area contributed by atoms with Crippen LogP contribution in [0.2, 0.25) is 0 Å². The SMILES string of the molecule is CCCc1nc(C(=O)NCCCc2csc(N)n2)cs1. The van der Waals surface area contributed by atoms with E-state index in [1.165, 1.54) is 11.3 Å². The molecule has 0 radical (unpaired) electrons. The summed E-state index contributed by atoms with van der Waals surface area (Å²) in [5, 5.41) is 8.27. The third-order valence-electron chi connectivity index (χ3n) is 2.71. The molecule has 2 aromatic heterocycles. The molecular formula is C13H18N4OS2. The number of rotatable bonds is 7. The molecule has 0 bridgehead atoms. The third-order valence-corrected chi connectivity index (χ3v) is 4.34. The number of carbonyl (C=O) groups excluding carboxylic acids is 1. The van der Waals surface area contributed by atoms with Crippen molar-refractivity contribution in [2.75, 3.05) is 12.3 Å². The molecule has 0 unspecified atom stereocenters. The lowest BCUT2D eigenvalue weighted by atomic mass is 10.2. The highest BCUT2D eigenvalue weighted by Gasteiger charge is 2.09. The Hall–Kier alpha value is -1.47. The second kappa shape index (κ2) is 7.35. The summed E-state index contributed by atoms with van der Waals surface area (Å²) in [5.41, 5.74) is 7.08. The fourth-order valence-corrected chi connectivity index (χ4v) is 3.22. The molecule has 0 atom stereocenters. The standard InChI is InChI=1S/C13H18N4OS2/c1-2-4-11-17-10(8-19-11)12(18)15-6-3-5-9-7-20-13(14)16-9/h7-8H,2-6H2,1H3,(H2,14,16)(H,15,18). The van der Waals surface area contributed by atoms with Gasteiger partial charge in [-0.05, 0) is 25.7 Å². The molecule has 7 heteroatoms. The second-order valence-corrected chi connectivity index (χ2v) is 6.25. The van der Waals surface area contributed by atoms with E-state index in [1.54, 1.807) is 11.3 Å². The number of nitrogens with one attached hydrogen (secondary N) is 1. The molecule has 0 saturated heterocycles. The van der Waals surface area contributed by atoms with Gasteiger partial charge in [0.25, 0.3) is 5.91 Å². The smallest absolute Gasteiger partial charge is 0.270 e. The van der Waals surface area contributed by atoms with Crippen LogP contribution < -0.4 is 11.1 Å². The van der Waals surface area contributed by atoms with Crippen LogP contribution >= 0.6 is 22.7 Å². The summed E-state index contributed by atoms with van der Waals surface area (Å²) in [6, 6.07) is 0. The number of carbonyl (C=O) groups is 1. The van der Waals surface area contributed by atoms with Crippen molar-refractivity contribution in [1.29, 1.82) is 0 Å². The van der Waals surface area contributed by atoms with Gasteiger partial charge in [0, 0.05) is 17.3 Å². The molecule has 5 nitrogen and oxygen atoms in total. The normalized spacial score (nSPS) is 10.7. The Bertz CT molecular complexity index is 564. The van der Waals surface area contributed by atoms with Gasteiger partial charge < -0.3 is 11.1 Å². The Labute approximate surface area is 126 Å². The number of nitrogens with zero attached hydrogens (tertiary/aromatic N) is 2. The lowest BCUT2D eigenvalue weighted by Gasteiger charge is -2.01. The summed E-state index contributed by atoms with van der Waals surface area (Å²) < 4.78 is 0. The molecule has 2 heterocycles. The molecule has 1 amide bonds. The number of hydrogen-bond acceptors (Lipinski definition) is 6. The van der Waals surface area contributed by atoms with Crippen molar-refractivity contribution in [2.45, 2.75) is 32.6 Å². The number of hydrogen-bond donors (Lipinski definition) is 2. The van der Waals surface area contributed by atoms with E-state index in [4.69, 9.17) is 5.73 Å². The maximum absolute atomic E-state index is 11.9. The fourth-order valence-electron chi connectivity index (χ4n) is 1.74. The first-order valence-electron chi connectivity index (χ1n) is 6.61. The Balaban J connectivity index is 1.71. The van der Waals surface area contributed by atoms with E-state index in [-0.39, 0.29) is 5.91 Å². The lowest BCUT2D eigenvalue weighted by molar-refractivity contribution is 0.0948. The molecule has 20 heavy (non-hydrogen) atoms. The van der Waals surface area contributed by atoms with Gasteiger partial charge in [-0.3, -0.25) is 4.79 Å². The maximum atomic E-state index is 11.9. The Morgan fingerprint density at radius 2 is 2.15 bits per heavy atom. The fraction of sp³-hybridized carbons (Fsp3) is 0.462. The van der Waals surface area contributed by atoms with Crippen molar-refractivity contribution < 1.29 is 4.79 Å². The quantitative estimate of drug-likeness (QED) is 0.770. The molecule has 0 aliphatic heterocycles. The summed E-state index contributed by atoms with van der Waals surface area (Å²) in [5.74, 6) is -0.0959. The molecule has 0 saturated carbocycles. The van der Waals surface area contributed by atoms with Gasteiger partial charge in [-0.2, -0.15) is 0 Å². The molecular weight excluding hydrogens is 292 g/mol. The molecule has 0 aromatic carbocycles. The molecule has 108 valence electrons. The first-order valence-corrected chi connectivity index (χ1v) is 8.37. The summed E-state index contributed by atoms with van der Waals surface area (Å²) in [7, 11) is 0. The van der Waals surface area contributed by atoms with Gasteiger partial charge in [-0.15, -0.1) is 22.7 Å². The highest BCUT2D eigenvalue weighted by Crippen LogP contribution is 2.13. The zero-order valence-corrected chi connectivity index (χ0v) is 13.0. The Morgan fingerprint density at radius 1 is 1.30 bits per heavy atom. The van der Waals surface area contributed by atoms with Gasteiger partial charge in [0.1, 0.15) is 5.69 Å². The molecule has 0 fully saturated rings. The van der Waals surface area contributed by atoms with Crippen LogP contribution in [0.15, 0.2) is 10.8 Å². The number of nitrogens with two attached hydrogens (primary N) is 1. The predicted molar refractivity (Wildman–Crippen MR) is 83.3 cm³/mol. The van der Waals surface area contributed by atoms with Crippen LogP contribution in [0.1, 0.15) is 41.0 Å². The summed E-state index contributed by atoms with van der Waals surface area (Å²) in [4.78, 5) is 20.4. The first-order chi connectivity index (χ1) is 9.69. The van der Waals surface area contributed by atoms with Gasteiger partial charge in [0.15, 0.2) is 5.13 Å². The van der Waals surface area contributed by atoms with Crippen LogP contribution in [0, 0.1) is 0 Å². The average molecular weight is 310 g/mol. The van der Waals surface area contributed by atoms with E-state index < -0.39 is 0 Å². The zero-order valence-electron chi connectivity index (χ0n) is 11.4. The van der Waals surface area contributed by atoms with Crippen LogP contribution in [0.25, 0.3) is 0 Å². The average Bonchev–Trinajstić information content (AvgIpc) is 3.04. The summed E-state index contributed by atoms with van der Waals surface area (Å²) in [6.07, 6.45) is 3.65. The van der Waals surface area contributed by atoms with Crippen molar-refractivity contribution >= 4 is 33.7 Å². The number of anilines is 1. The monoisotopic (exact) mass is 310 g/mol. The molecule has 3 N–H and O–H groups in total.